The zero-order valence-electron chi connectivity index (χ0n) is 13.4. The first-order valence-electron chi connectivity index (χ1n) is 8.20. The number of ether oxygens (including phenoxy) is 1. The second-order valence-corrected chi connectivity index (χ2v) is 6.14. The first-order chi connectivity index (χ1) is 11.6. The van der Waals surface area contributed by atoms with E-state index in [9.17, 15) is 9.18 Å². The number of carbonyl (C=O) groups is 1. The van der Waals surface area contributed by atoms with Crippen LogP contribution in [0.5, 0.6) is 11.5 Å². The highest BCUT2D eigenvalue weighted by Gasteiger charge is 2.26. The van der Waals surface area contributed by atoms with Gasteiger partial charge in [0.05, 0.1) is 0 Å². The lowest BCUT2D eigenvalue weighted by atomic mass is 10.00. The standard InChI is InChI=1S/C19H21FN2O2/c20-15-9-5-11-17(24-14-7-2-1-3-8-14)19(15)22-18(23)12-13-6-4-10-16(13)21/h1-3,5,7-9,11,13,16H,4,6,10,12,21H2,(H,22,23)/t13-,16+/m0/s1. The van der Waals surface area contributed by atoms with Crippen LogP contribution in [-0.2, 0) is 4.79 Å². The number of amides is 1. The smallest absolute Gasteiger partial charge is 0.224 e. The van der Waals surface area contributed by atoms with E-state index in [1.807, 2.05) is 18.2 Å². The molecule has 1 aliphatic rings. The Labute approximate surface area is 140 Å². The number of nitrogens with one attached hydrogen (secondary N) is 1. The third-order valence-corrected chi connectivity index (χ3v) is 4.38. The van der Waals surface area contributed by atoms with Crippen LogP contribution in [0.15, 0.2) is 48.5 Å². The molecule has 1 amide bonds. The normalized spacial score (nSPS) is 19.9. The van der Waals surface area contributed by atoms with Crippen LogP contribution in [0.2, 0.25) is 0 Å². The molecule has 1 fully saturated rings. The number of nitrogens with two attached hydrogens (primary N) is 1. The number of anilines is 1. The lowest BCUT2D eigenvalue weighted by Gasteiger charge is -2.16. The molecule has 0 radical (unpaired) electrons. The molecule has 2 atom stereocenters. The monoisotopic (exact) mass is 328 g/mol. The molecule has 0 saturated heterocycles. The summed E-state index contributed by atoms with van der Waals surface area (Å²) in [6, 6.07) is 13.6. The van der Waals surface area contributed by atoms with Crippen molar-refractivity contribution < 1.29 is 13.9 Å². The number of rotatable bonds is 5. The van der Waals surface area contributed by atoms with E-state index in [2.05, 4.69) is 5.32 Å². The average molecular weight is 328 g/mol. The van der Waals surface area contributed by atoms with Gasteiger partial charge in [0.1, 0.15) is 11.4 Å². The molecule has 2 aromatic carbocycles. The van der Waals surface area contributed by atoms with Gasteiger partial charge in [-0.2, -0.15) is 0 Å². The van der Waals surface area contributed by atoms with E-state index in [1.54, 1.807) is 24.3 Å². The molecule has 3 N–H and O–H groups in total. The number of carbonyl (C=O) groups excluding carboxylic acids is 1. The van der Waals surface area contributed by atoms with Crippen molar-refractivity contribution in [2.75, 3.05) is 5.32 Å². The summed E-state index contributed by atoms with van der Waals surface area (Å²) in [6.45, 7) is 0. The van der Waals surface area contributed by atoms with Gasteiger partial charge in [0.15, 0.2) is 11.6 Å². The fourth-order valence-electron chi connectivity index (χ4n) is 3.07. The van der Waals surface area contributed by atoms with Crippen LogP contribution in [0.4, 0.5) is 10.1 Å². The highest BCUT2D eigenvalue weighted by Crippen LogP contribution is 2.33. The largest absolute Gasteiger partial charge is 0.455 e. The maximum Gasteiger partial charge on any atom is 0.224 e. The van der Waals surface area contributed by atoms with E-state index in [1.165, 1.54) is 6.07 Å². The molecule has 0 heterocycles. The fourth-order valence-corrected chi connectivity index (χ4v) is 3.07. The van der Waals surface area contributed by atoms with Gasteiger partial charge in [0.2, 0.25) is 5.91 Å². The van der Waals surface area contributed by atoms with Crippen molar-refractivity contribution in [1.29, 1.82) is 0 Å². The maximum atomic E-state index is 14.2. The molecule has 24 heavy (non-hydrogen) atoms. The predicted octanol–water partition coefficient (Wildman–Crippen LogP) is 4.07. The molecule has 1 saturated carbocycles. The molecule has 0 bridgehead atoms. The van der Waals surface area contributed by atoms with Crippen LogP contribution in [0.25, 0.3) is 0 Å². The Morgan fingerprint density at radius 1 is 1.17 bits per heavy atom. The zero-order valence-corrected chi connectivity index (χ0v) is 13.4. The Morgan fingerprint density at radius 3 is 2.67 bits per heavy atom. The Kier molecular flexibility index (Phi) is 5.11. The molecule has 5 heteroatoms. The summed E-state index contributed by atoms with van der Waals surface area (Å²) >= 11 is 0. The highest BCUT2D eigenvalue weighted by atomic mass is 19.1. The van der Waals surface area contributed by atoms with Crippen molar-refractivity contribution in [1.82, 2.24) is 0 Å². The Morgan fingerprint density at radius 2 is 1.96 bits per heavy atom. The molecular formula is C19H21FN2O2. The molecule has 0 unspecified atom stereocenters. The van der Waals surface area contributed by atoms with Crippen LogP contribution in [0.3, 0.4) is 0 Å². The van der Waals surface area contributed by atoms with Gasteiger partial charge in [-0.15, -0.1) is 0 Å². The van der Waals surface area contributed by atoms with Crippen molar-refractivity contribution in [3.63, 3.8) is 0 Å². The SMILES string of the molecule is N[C@@H]1CCC[C@H]1CC(=O)Nc1c(F)cccc1Oc1ccccc1. The minimum atomic E-state index is -0.521. The van der Waals surface area contributed by atoms with E-state index >= 15 is 0 Å². The van der Waals surface area contributed by atoms with E-state index in [0.29, 0.717) is 12.2 Å². The number of benzene rings is 2. The van der Waals surface area contributed by atoms with Crippen LogP contribution < -0.4 is 15.8 Å². The van der Waals surface area contributed by atoms with Crippen LogP contribution in [0.1, 0.15) is 25.7 Å². The van der Waals surface area contributed by atoms with Gasteiger partial charge in [0.25, 0.3) is 0 Å². The summed E-state index contributed by atoms with van der Waals surface area (Å²) in [4.78, 5) is 12.3. The van der Waals surface area contributed by atoms with Gasteiger partial charge >= 0.3 is 0 Å². The predicted molar refractivity (Wildman–Crippen MR) is 91.5 cm³/mol. The van der Waals surface area contributed by atoms with E-state index < -0.39 is 5.82 Å². The van der Waals surface area contributed by atoms with E-state index in [-0.39, 0.29) is 29.3 Å². The van der Waals surface area contributed by atoms with E-state index in [0.717, 1.165) is 19.3 Å². The molecule has 0 spiro atoms. The van der Waals surface area contributed by atoms with Crippen molar-refractivity contribution in [2.45, 2.75) is 31.7 Å². The number of hydrogen-bond donors (Lipinski definition) is 2. The van der Waals surface area contributed by atoms with E-state index in [4.69, 9.17) is 10.5 Å². The minimum Gasteiger partial charge on any atom is -0.455 e. The lowest BCUT2D eigenvalue weighted by Crippen LogP contribution is -2.28. The molecule has 0 aromatic heterocycles. The minimum absolute atomic E-state index is 0.0522. The van der Waals surface area contributed by atoms with Gasteiger partial charge < -0.3 is 15.8 Å². The summed E-state index contributed by atoms with van der Waals surface area (Å²) in [7, 11) is 0. The van der Waals surface area contributed by atoms with Crippen molar-refractivity contribution in [3.05, 3.63) is 54.3 Å². The molecule has 1 aliphatic carbocycles. The molecule has 0 aliphatic heterocycles. The highest BCUT2D eigenvalue weighted by molar-refractivity contribution is 5.92. The summed E-state index contributed by atoms with van der Waals surface area (Å²) in [6.07, 6.45) is 3.24. The quantitative estimate of drug-likeness (QED) is 0.869. The molecule has 3 rings (SSSR count). The van der Waals surface area contributed by atoms with Crippen LogP contribution in [-0.4, -0.2) is 11.9 Å². The third-order valence-electron chi connectivity index (χ3n) is 4.38. The zero-order chi connectivity index (χ0) is 16.9. The Balaban J connectivity index is 1.73. The second kappa shape index (κ2) is 7.45. The summed E-state index contributed by atoms with van der Waals surface area (Å²) in [5.74, 6) is 0.268. The topological polar surface area (TPSA) is 64.4 Å². The Bertz CT molecular complexity index is 706. The maximum absolute atomic E-state index is 14.2. The van der Waals surface area contributed by atoms with Crippen molar-refractivity contribution in [2.24, 2.45) is 11.7 Å². The van der Waals surface area contributed by atoms with Crippen LogP contribution in [0, 0.1) is 11.7 Å². The molecular weight excluding hydrogens is 307 g/mol. The van der Waals surface area contributed by atoms with Gasteiger partial charge in [0, 0.05) is 12.5 Å². The van der Waals surface area contributed by atoms with Crippen molar-refractivity contribution in [3.8, 4) is 11.5 Å². The average Bonchev–Trinajstić information content (AvgIpc) is 2.97. The lowest BCUT2D eigenvalue weighted by molar-refractivity contribution is -0.117. The van der Waals surface area contributed by atoms with Gasteiger partial charge in [-0.1, -0.05) is 30.7 Å². The van der Waals surface area contributed by atoms with Gasteiger partial charge in [-0.25, -0.2) is 4.39 Å². The Hall–Kier alpha value is -2.40. The second-order valence-electron chi connectivity index (χ2n) is 6.14. The summed E-state index contributed by atoms with van der Waals surface area (Å²) in [5, 5.41) is 2.65. The molecule has 126 valence electrons. The first kappa shape index (κ1) is 16.5. The summed E-state index contributed by atoms with van der Waals surface area (Å²) in [5.41, 5.74) is 6.07. The number of hydrogen-bond acceptors (Lipinski definition) is 3. The molecule has 2 aromatic rings. The fraction of sp³-hybridized carbons (Fsp3) is 0.316. The third kappa shape index (κ3) is 3.92. The van der Waals surface area contributed by atoms with Crippen molar-refractivity contribution >= 4 is 11.6 Å². The number of halogens is 1. The summed E-state index contributed by atoms with van der Waals surface area (Å²) < 4.78 is 19.9. The first-order valence-corrected chi connectivity index (χ1v) is 8.20. The molecule has 4 nitrogen and oxygen atoms in total. The van der Waals surface area contributed by atoms with Gasteiger partial charge in [-0.05, 0) is 43.0 Å². The number of para-hydroxylation sites is 2. The van der Waals surface area contributed by atoms with Crippen LogP contribution >= 0.6 is 0 Å². The van der Waals surface area contributed by atoms with Gasteiger partial charge in [-0.3, -0.25) is 4.79 Å².